The molecule has 5 rings (SSSR count). The molecular formula is C40H32. The fourth-order valence-corrected chi connectivity index (χ4v) is 4.79. The van der Waals surface area contributed by atoms with Gasteiger partial charge < -0.3 is 0 Å². The molecule has 0 heterocycles. The van der Waals surface area contributed by atoms with Crippen LogP contribution in [0.4, 0.5) is 0 Å². The summed E-state index contributed by atoms with van der Waals surface area (Å²) in [7, 11) is 0. The van der Waals surface area contributed by atoms with E-state index in [1.807, 2.05) is 18.2 Å². The van der Waals surface area contributed by atoms with Crippen molar-refractivity contribution in [2.24, 2.45) is 0 Å². The van der Waals surface area contributed by atoms with Crippen LogP contribution in [0, 0.1) is 0 Å². The smallest absolute Gasteiger partial charge is 0.0105 e. The second kappa shape index (κ2) is 13.0. The highest BCUT2D eigenvalue weighted by atomic mass is 14.1. The Hall–Kier alpha value is -5.20. The molecule has 0 unspecified atom stereocenters. The van der Waals surface area contributed by atoms with E-state index in [4.69, 9.17) is 0 Å². The predicted molar refractivity (Wildman–Crippen MR) is 175 cm³/mol. The molecule has 0 N–H and O–H groups in total. The van der Waals surface area contributed by atoms with Crippen LogP contribution < -0.4 is 0 Å². The van der Waals surface area contributed by atoms with Crippen LogP contribution in [0.3, 0.4) is 0 Å². The molecule has 0 radical (unpaired) electrons. The summed E-state index contributed by atoms with van der Waals surface area (Å²) in [5.41, 5.74) is 11.6. The second-order valence-electron chi connectivity index (χ2n) is 9.52. The minimum absolute atomic E-state index is 1.04. The third-order valence-corrected chi connectivity index (χ3v) is 6.86. The Balaban J connectivity index is 1.43. The SMILES string of the molecule is C=C/C=C(C=C)/C(=C\c1ccc(-c2ccc(C=C(c3ccccc3)c3ccccc3)cc2)cc1)c1ccccc1. The van der Waals surface area contributed by atoms with Crippen LogP contribution in [0.1, 0.15) is 27.8 Å². The van der Waals surface area contributed by atoms with Crippen molar-refractivity contribution in [3.63, 3.8) is 0 Å². The van der Waals surface area contributed by atoms with Gasteiger partial charge in [0, 0.05) is 0 Å². The Morgan fingerprint density at radius 1 is 0.450 bits per heavy atom. The molecule has 0 atom stereocenters. The van der Waals surface area contributed by atoms with Gasteiger partial charge in [0.25, 0.3) is 0 Å². The summed E-state index contributed by atoms with van der Waals surface area (Å²) in [6.07, 6.45) is 10.2. The zero-order valence-electron chi connectivity index (χ0n) is 22.6. The van der Waals surface area contributed by atoms with Gasteiger partial charge in [-0.3, -0.25) is 0 Å². The van der Waals surface area contributed by atoms with Gasteiger partial charge in [-0.2, -0.15) is 0 Å². The lowest BCUT2D eigenvalue weighted by Gasteiger charge is -2.11. The molecule has 0 fully saturated rings. The molecule has 0 amide bonds. The summed E-state index contributed by atoms with van der Waals surface area (Å²) >= 11 is 0. The van der Waals surface area contributed by atoms with Gasteiger partial charge in [-0.25, -0.2) is 0 Å². The summed E-state index contributed by atoms with van der Waals surface area (Å²) in [4.78, 5) is 0. The molecule has 5 aromatic rings. The monoisotopic (exact) mass is 512 g/mol. The lowest BCUT2D eigenvalue weighted by molar-refractivity contribution is 1.54. The van der Waals surface area contributed by atoms with E-state index < -0.39 is 0 Å². The van der Waals surface area contributed by atoms with Crippen molar-refractivity contribution >= 4 is 23.3 Å². The van der Waals surface area contributed by atoms with E-state index in [0.29, 0.717) is 0 Å². The first kappa shape index (κ1) is 26.4. The molecule has 0 aromatic heterocycles. The average molecular weight is 513 g/mol. The van der Waals surface area contributed by atoms with Crippen molar-refractivity contribution < 1.29 is 0 Å². The van der Waals surface area contributed by atoms with Crippen molar-refractivity contribution in [1.82, 2.24) is 0 Å². The fourth-order valence-electron chi connectivity index (χ4n) is 4.79. The molecular weight excluding hydrogens is 480 g/mol. The average Bonchev–Trinajstić information content (AvgIpc) is 3.03. The van der Waals surface area contributed by atoms with Crippen LogP contribution in [0.15, 0.2) is 176 Å². The molecule has 0 aliphatic rings. The zero-order valence-corrected chi connectivity index (χ0v) is 22.6. The van der Waals surface area contributed by atoms with E-state index in [1.54, 1.807) is 6.08 Å². The molecule has 0 bridgehead atoms. The summed E-state index contributed by atoms with van der Waals surface area (Å²) in [6, 6.07) is 49.0. The standard InChI is InChI=1S/C40H32/c1-3-14-33(4-2)39(36-15-8-5-9-16-36)29-31-21-25-34(26-22-31)35-27-23-32(24-28-35)30-40(37-17-10-6-11-18-37)38-19-12-7-13-20-38/h3-30H,1-2H2/b33-14+,39-29+. The number of benzene rings is 5. The largest absolute Gasteiger partial charge is 0.0990 e. The third-order valence-electron chi connectivity index (χ3n) is 6.86. The van der Waals surface area contributed by atoms with Gasteiger partial charge in [0.1, 0.15) is 0 Å². The minimum atomic E-state index is 1.04. The van der Waals surface area contributed by atoms with Gasteiger partial charge in [0.15, 0.2) is 0 Å². The fraction of sp³-hybridized carbons (Fsp3) is 0. The van der Waals surface area contributed by atoms with Crippen LogP contribution in [0.5, 0.6) is 0 Å². The van der Waals surface area contributed by atoms with Crippen LogP contribution in [0.2, 0.25) is 0 Å². The summed E-state index contributed by atoms with van der Waals surface area (Å²) < 4.78 is 0. The van der Waals surface area contributed by atoms with Gasteiger partial charge in [-0.15, -0.1) is 0 Å². The predicted octanol–water partition coefficient (Wildman–Crippen LogP) is 10.8. The first-order valence-electron chi connectivity index (χ1n) is 13.5. The highest BCUT2D eigenvalue weighted by molar-refractivity contribution is 5.93. The van der Waals surface area contributed by atoms with E-state index in [1.165, 1.54) is 33.4 Å². The molecule has 40 heavy (non-hydrogen) atoms. The van der Waals surface area contributed by atoms with Crippen LogP contribution in [-0.4, -0.2) is 0 Å². The van der Waals surface area contributed by atoms with Crippen LogP contribution >= 0.6 is 0 Å². The Kier molecular flexibility index (Phi) is 8.61. The molecule has 0 aliphatic heterocycles. The van der Waals surface area contributed by atoms with E-state index in [-0.39, 0.29) is 0 Å². The van der Waals surface area contributed by atoms with Gasteiger partial charge in [-0.1, -0.05) is 171 Å². The van der Waals surface area contributed by atoms with Crippen LogP contribution in [-0.2, 0) is 0 Å². The van der Waals surface area contributed by atoms with Gasteiger partial charge in [0.2, 0.25) is 0 Å². The Labute approximate surface area is 238 Å². The number of hydrogen-bond acceptors (Lipinski definition) is 0. The molecule has 0 heteroatoms. The third kappa shape index (κ3) is 6.43. The number of hydrogen-bond donors (Lipinski definition) is 0. The Morgan fingerprint density at radius 2 is 0.875 bits per heavy atom. The first-order chi connectivity index (χ1) is 19.7. The van der Waals surface area contributed by atoms with Gasteiger partial charge in [0.05, 0.1) is 0 Å². The molecule has 0 spiro atoms. The Bertz CT molecular complexity index is 1610. The van der Waals surface area contributed by atoms with E-state index in [9.17, 15) is 0 Å². The van der Waals surface area contributed by atoms with Gasteiger partial charge in [-0.05, 0) is 67.8 Å². The highest BCUT2D eigenvalue weighted by Crippen LogP contribution is 2.29. The van der Waals surface area contributed by atoms with Crippen molar-refractivity contribution in [2.75, 3.05) is 0 Å². The quantitative estimate of drug-likeness (QED) is 0.136. The molecule has 192 valence electrons. The van der Waals surface area contributed by atoms with Crippen molar-refractivity contribution in [3.05, 3.63) is 204 Å². The van der Waals surface area contributed by atoms with Crippen molar-refractivity contribution in [2.45, 2.75) is 0 Å². The number of allylic oxidation sites excluding steroid dienone is 5. The van der Waals surface area contributed by atoms with E-state index >= 15 is 0 Å². The lowest BCUT2D eigenvalue weighted by atomic mass is 9.94. The normalized spacial score (nSPS) is 11.5. The first-order valence-corrected chi connectivity index (χ1v) is 13.5. The summed E-state index contributed by atoms with van der Waals surface area (Å²) in [5.74, 6) is 0. The maximum absolute atomic E-state index is 4.02. The summed E-state index contributed by atoms with van der Waals surface area (Å²) in [6.45, 7) is 7.89. The maximum Gasteiger partial charge on any atom is -0.0105 e. The topological polar surface area (TPSA) is 0 Å². The van der Waals surface area contributed by atoms with E-state index in [2.05, 4.69) is 159 Å². The molecule has 0 aliphatic carbocycles. The number of rotatable bonds is 9. The van der Waals surface area contributed by atoms with Crippen LogP contribution in [0.25, 0.3) is 34.4 Å². The van der Waals surface area contributed by atoms with Crippen molar-refractivity contribution in [1.29, 1.82) is 0 Å². The minimum Gasteiger partial charge on any atom is -0.0990 e. The lowest BCUT2D eigenvalue weighted by Crippen LogP contribution is -1.89. The van der Waals surface area contributed by atoms with Gasteiger partial charge >= 0.3 is 0 Å². The second-order valence-corrected chi connectivity index (χ2v) is 9.52. The van der Waals surface area contributed by atoms with E-state index in [0.717, 1.165) is 22.3 Å². The molecule has 0 saturated carbocycles. The Morgan fingerprint density at radius 3 is 1.30 bits per heavy atom. The molecule has 0 saturated heterocycles. The zero-order chi connectivity index (χ0) is 27.6. The summed E-state index contributed by atoms with van der Waals surface area (Å²) in [5, 5.41) is 0. The molecule has 0 nitrogen and oxygen atoms in total. The molecule has 5 aromatic carbocycles. The highest BCUT2D eigenvalue weighted by Gasteiger charge is 2.07. The maximum atomic E-state index is 4.02. The van der Waals surface area contributed by atoms with Crippen molar-refractivity contribution in [3.8, 4) is 11.1 Å².